The number of piperazine rings is 1. The SMILES string of the molecule is CCN(C)S(=O)(=O)Nc1cccc(-c2nc(C)sc2-c2ccnc(Nc3ccc(N4CCN(C(=O)CC5CCN(c6ccc([C@H]7CCC(=O)NC7=O)cn6)CC5)CC4)cn3)n2)c1F. The molecule has 3 aliphatic rings. The molecular weight excluding hydrogens is 848 g/mol. The zero-order valence-corrected chi connectivity index (χ0v) is 36.9. The van der Waals surface area contributed by atoms with Crippen LogP contribution in [-0.4, -0.2) is 113 Å². The summed E-state index contributed by atoms with van der Waals surface area (Å²) in [5.74, 6) is 0.556. The van der Waals surface area contributed by atoms with Crippen molar-refractivity contribution in [3.05, 3.63) is 83.5 Å². The molecule has 7 heterocycles. The molecule has 0 aliphatic carbocycles. The Balaban J connectivity index is 0.821. The first kappa shape index (κ1) is 43.5. The normalized spacial score (nSPS) is 17.5. The fraction of sp³-hybridized carbons (Fsp3) is 0.395. The standard InChI is InChI=1S/C43H49FN12O5S2/c1-4-53(3)63(60,61)52-33-7-5-6-32(39(33)44)40-41(62-27(2)48-40)34-14-17-45-43(49-34)50-35-11-9-30(26-46-35)54-20-22-56(23-21-54)38(58)24-28-15-18-55(19-16-28)36-12-8-29(25-47-36)31-10-13-37(57)51-42(31)59/h5-9,11-12,14,17,25-26,28,31,52H,4,10,13,15-16,18-24H2,1-3H3,(H,51,57,59)(H,45,46,49,50)/t31-/m1/s1. The van der Waals surface area contributed by atoms with Gasteiger partial charge in [-0.1, -0.05) is 19.1 Å². The zero-order chi connectivity index (χ0) is 44.3. The van der Waals surface area contributed by atoms with E-state index in [0.29, 0.717) is 78.4 Å². The van der Waals surface area contributed by atoms with E-state index in [9.17, 15) is 22.8 Å². The third-order valence-corrected chi connectivity index (χ3v) is 14.3. The smallest absolute Gasteiger partial charge is 0.301 e. The molecule has 330 valence electrons. The third-order valence-electron chi connectivity index (χ3n) is 11.8. The third kappa shape index (κ3) is 9.92. The van der Waals surface area contributed by atoms with Crippen LogP contribution in [0.3, 0.4) is 0 Å². The highest BCUT2D eigenvalue weighted by Crippen LogP contribution is 2.39. The van der Waals surface area contributed by atoms with Crippen molar-refractivity contribution in [2.75, 3.05) is 72.7 Å². The topological polar surface area (TPSA) is 199 Å². The Labute approximate surface area is 369 Å². The van der Waals surface area contributed by atoms with Crippen LogP contribution in [0.15, 0.2) is 67.1 Å². The van der Waals surface area contributed by atoms with Crippen molar-refractivity contribution in [3.8, 4) is 21.8 Å². The van der Waals surface area contributed by atoms with Gasteiger partial charge in [0, 0.05) is 83.7 Å². The lowest BCUT2D eigenvalue weighted by molar-refractivity contribution is -0.134. The molecule has 0 bridgehead atoms. The number of nitrogens with zero attached hydrogens (tertiary/aromatic N) is 9. The number of anilines is 5. The largest absolute Gasteiger partial charge is 0.367 e. The molecule has 63 heavy (non-hydrogen) atoms. The van der Waals surface area contributed by atoms with E-state index in [4.69, 9.17) is 4.98 Å². The fourth-order valence-corrected chi connectivity index (χ4v) is 9.86. The first-order valence-corrected chi connectivity index (χ1v) is 23.2. The maximum atomic E-state index is 15.9. The second kappa shape index (κ2) is 18.7. The van der Waals surface area contributed by atoms with Crippen molar-refractivity contribution in [2.24, 2.45) is 5.92 Å². The molecule has 8 rings (SSSR count). The van der Waals surface area contributed by atoms with Gasteiger partial charge in [0.2, 0.25) is 23.7 Å². The summed E-state index contributed by atoms with van der Waals surface area (Å²) < 4.78 is 44.6. The van der Waals surface area contributed by atoms with Crippen LogP contribution in [-0.2, 0) is 24.6 Å². The van der Waals surface area contributed by atoms with E-state index in [1.54, 1.807) is 43.7 Å². The molecule has 3 N–H and O–H groups in total. The number of amides is 3. The number of aryl methyl sites for hydroxylation is 1. The molecule has 0 spiro atoms. The summed E-state index contributed by atoms with van der Waals surface area (Å²) in [7, 11) is -2.54. The highest BCUT2D eigenvalue weighted by Gasteiger charge is 2.30. The van der Waals surface area contributed by atoms with Crippen LogP contribution in [0, 0.1) is 18.7 Å². The van der Waals surface area contributed by atoms with E-state index < -0.39 is 16.0 Å². The molecule has 1 atom stereocenters. The molecule has 20 heteroatoms. The van der Waals surface area contributed by atoms with Gasteiger partial charge in [-0.3, -0.25) is 24.4 Å². The summed E-state index contributed by atoms with van der Waals surface area (Å²) >= 11 is 1.34. The molecule has 3 saturated heterocycles. The first-order valence-electron chi connectivity index (χ1n) is 21.0. The van der Waals surface area contributed by atoms with Crippen molar-refractivity contribution < 1.29 is 27.2 Å². The van der Waals surface area contributed by atoms with Crippen LogP contribution in [0.1, 0.15) is 55.5 Å². The van der Waals surface area contributed by atoms with Crippen LogP contribution >= 0.6 is 11.3 Å². The molecular formula is C43H49FN12O5S2. The second-order valence-electron chi connectivity index (χ2n) is 15.8. The number of halogens is 1. The Morgan fingerprint density at radius 1 is 0.937 bits per heavy atom. The van der Waals surface area contributed by atoms with Gasteiger partial charge in [0.25, 0.3) is 0 Å². The van der Waals surface area contributed by atoms with Crippen LogP contribution in [0.25, 0.3) is 21.8 Å². The van der Waals surface area contributed by atoms with Gasteiger partial charge >= 0.3 is 10.2 Å². The molecule has 0 radical (unpaired) electrons. The average Bonchev–Trinajstić information content (AvgIpc) is 3.68. The monoisotopic (exact) mass is 896 g/mol. The Morgan fingerprint density at radius 3 is 2.43 bits per heavy atom. The quantitative estimate of drug-likeness (QED) is 0.128. The van der Waals surface area contributed by atoms with E-state index in [0.717, 1.165) is 47.3 Å². The van der Waals surface area contributed by atoms with Crippen molar-refractivity contribution in [3.63, 3.8) is 0 Å². The molecule has 3 aliphatic heterocycles. The summed E-state index contributed by atoms with van der Waals surface area (Å²) in [6.07, 6.45) is 8.26. The average molecular weight is 897 g/mol. The Hall–Kier alpha value is -6.12. The van der Waals surface area contributed by atoms with E-state index >= 15 is 4.39 Å². The lowest BCUT2D eigenvalue weighted by atomic mass is 9.91. The lowest BCUT2D eigenvalue weighted by Crippen LogP contribution is -2.49. The number of hydrogen-bond acceptors (Lipinski definition) is 14. The zero-order valence-electron chi connectivity index (χ0n) is 35.3. The van der Waals surface area contributed by atoms with Crippen LogP contribution < -0.4 is 25.2 Å². The summed E-state index contributed by atoms with van der Waals surface area (Å²) in [5.41, 5.74) is 2.54. The number of benzene rings is 1. The van der Waals surface area contributed by atoms with Crippen molar-refractivity contribution in [2.45, 2.75) is 51.9 Å². The highest BCUT2D eigenvalue weighted by molar-refractivity contribution is 7.90. The predicted octanol–water partition coefficient (Wildman–Crippen LogP) is 5.33. The number of aromatic nitrogens is 5. The minimum absolute atomic E-state index is 0.133. The van der Waals surface area contributed by atoms with Gasteiger partial charge in [-0.15, -0.1) is 11.3 Å². The Kier molecular flexibility index (Phi) is 12.9. The number of thiazole rings is 1. The molecule has 0 saturated carbocycles. The fourth-order valence-electron chi connectivity index (χ4n) is 8.03. The van der Waals surface area contributed by atoms with Gasteiger partial charge in [0.15, 0.2) is 5.82 Å². The molecule has 17 nitrogen and oxygen atoms in total. The number of imide groups is 1. The summed E-state index contributed by atoms with van der Waals surface area (Å²) in [6.45, 7) is 7.95. The van der Waals surface area contributed by atoms with Gasteiger partial charge < -0.3 is 20.0 Å². The second-order valence-corrected chi connectivity index (χ2v) is 18.8. The maximum absolute atomic E-state index is 15.9. The number of nitrogens with one attached hydrogen (secondary N) is 3. The minimum atomic E-state index is -3.95. The van der Waals surface area contributed by atoms with Gasteiger partial charge in [-0.25, -0.2) is 29.3 Å². The minimum Gasteiger partial charge on any atom is -0.367 e. The molecule has 4 aromatic heterocycles. The first-order chi connectivity index (χ1) is 30.3. The van der Waals surface area contributed by atoms with Crippen molar-refractivity contribution >= 4 is 68.2 Å². The van der Waals surface area contributed by atoms with E-state index in [1.807, 2.05) is 36.1 Å². The number of pyridine rings is 2. The number of carbonyl (C=O) groups excluding carboxylic acids is 3. The van der Waals surface area contributed by atoms with E-state index in [-0.39, 0.29) is 47.4 Å². The maximum Gasteiger partial charge on any atom is 0.301 e. The van der Waals surface area contributed by atoms with Crippen LogP contribution in [0.2, 0.25) is 0 Å². The highest BCUT2D eigenvalue weighted by atomic mass is 32.2. The predicted molar refractivity (Wildman–Crippen MR) is 239 cm³/mol. The summed E-state index contributed by atoms with van der Waals surface area (Å²) in [6, 6.07) is 13.9. The van der Waals surface area contributed by atoms with Gasteiger partial charge in [0.1, 0.15) is 11.6 Å². The number of carbonyl (C=O) groups is 3. The summed E-state index contributed by atoms with van der Waals surface area (Å²) in [5, 5.41) is 6.24. The molecule has 0 unspecified atom stereocenters. The van der Waals surface area contributed by atoms with Gasteiger partial charge in [-0.05, 0) is 74.1 Å². The number of piperidine rings is 2. The number of hydrogen-bond donors (Lipinski definition) is 3. The summed E-state index contributed by atoms with van der Waals surface area (Å²) in [4.78, 5) is 67.1. The van der Waals surface area contributed by atoms with E-state index in [1.165, 1.54) is 24.5 Å². The molecule has 1 aromatic carbocycles. The molecule has 3 amide bonds. The number of rotatable bonds is 13. The van der Waals surface area contributed by atoms with E-state index in [2.05, 4.69) is 45.1 Å². The molecule has 5 aromatic rings. The Morgan fingerprint density at radius 2 is 1.73 bits per heavy atom. The van der Waals surface area contributed by atoms with Gasteiger partial charge in [-0.2, -0.15) is 12.7 Å². The van der Waals surface area contributed by atoms with Crippen LogP contribution in [0.5, 0.6) is 0 Å². The van der Waals surface area contributed by atoms with Gasteiger partial charge in [0.05, 0.1) is 44.8 Å². The molecule has 3 fully saturated rings. The van der Waals surface area contributed by atoms with Crippen LogP contribution in [0.4, 0.5) is 33.3 Å². The van der Waals surface area contributed by atoms with Crippen molar-refractivity contribution in [1.29, 1.82) is 0 Å². The Bertz CT molecular complexity index is 2580. The van der Waals surface area contributed by atoms with Crippen molar-refractivity contribution in [1.82, 2.24) is 39.4 Å². The lowest BCUT2D eigenvalue weighted by Gasteiger charge is -2.37.